The van der Waals surface area contributed by atoms with Crippen LogP contribution in [-0.2, 0) is 0 Å². The van der Waals surface area contributed by atoms with Gasteiger partial charge in [-0.15, -0.1) is 0 Å². The second-order valence-electron chi connectivity index (χ2n) is 6.50. The van der Waals surface area contributed by atoms with Crippen LogP contribution in [0.5, 0.6) is 0 Å². The molecule has 1 fully saturated rings. The predicted molar refractivity (Wildman–Crippen MR) is 106 cm³/mol. The molecule has 1 heterocycles. The van der Waals surface area contributed by atoms with Crippen LogP contribution in [0, 0.1) is 17.0 Å². The van der Waals surface area contributed by atoms with E-state index in [9.17, 15) is 19.7 Å². The lowest BCUT2D eigenvalue weighted by molar-refractivity contribution is -0.385. The molecule has 146 valence electrons. The van der Waals surface area contributed by atoms with E-state index in [1.54, 1.807) is 34.9 Å². The Labute approximate surface area is 171 Å². The molecular weight excluding hydrogens is 405 g/mol. The van der Waals surface area contributed by atoms with E-state index in [4.69, 9.17) is 23.2 Å². The molecule has 0 aliphatic carbocycles. The molecule has 0 spiro atoms. The maximum absolute atomic E-state index is 12.7. The Hall–Kier alpha value is -2.64. The van der Waals surface area contributed by atoms with Gasteiger partial charge in [-0.05, 0) is 37.3 Å². The van der Waals surface area contributed by atoms with Crippen molar-refractivity contribution in [3.63, 3.8) is 0 Å². The van der Waals surface area contributed by atoms with Crippen LogP contribution < -0.4 is 0 Å². The Bertz CT molecular complexity index is 936. The minimum absolute atomic E-state index is 0.0212. The van der Waals surface area contributed by atoms with Crippen molar-refractivity contribution in [3.8, 4) is 0 Å². The number of nitro groups is 1. The molecule has 0 bridgehead atoms. The molecule has 3 rings (SSSR count). The van der Waals surface area contributed by atoms with E-state index in [0.717, 1.165) is 0 Å². The maximum Gasteiger partial charge on any atom is 0.272 e. The minimum atomic E-state index is -0.476. The van der Waals surface area contributed by atoms with Gasteiger partial charge in [0, 0.05) is 59.0 Å². The zero-order valence-electron chi connectivity index (χ0n) is 15.0. The third kappa shape index (κ3) is 4.26. The van der Waals surface area contributed by atoms with E-state index >= 15 is 0 Å². The molecular formula is C19H17Cl2N3O4. The summed E-state index contributed by atoms with van der Waals surface area (Å²) < 4.78 is 0. The molecule has 0 unspecified atom stereocenters. The maximum atomic E-state index is 12.7. The summed E-state index contributed by atoms with van der Waals surface area (Å²) in [6, 6.07) is 9.00. The fourth-order valence-electron chi connectivity index (χ4n) is 3.15. The van der Waals surface area contributed by atoms with Crippen molar-refractivity contribution in [2.45, 2.75) is 6.92 Å². The van der Waals surface area contributed by atoms with E-state index in [1.165, 1.54) is 18.2 Å². The molecule has 0 radical (unpaired) electrons. The van der Waals surface area contributed by atoms with Gasteiger partial charge in [0.15, 0.2) is 0 Å². The first-order chi connectivity index (χ1) is 13.3. The van der Waals surface area contributed by atoms with Gasteiger partial charge in [-0.25, -0.2) is 0 Å². The first-order valence-electron chi connectivity index (χ1n) is 8.56. The Balaban J connectivity index is 1.66. The number of rotatable bonds is 3. The first kappa shape index (κ1) is 20.1. The average Bonchev–Trinajstić information content (AvgIpc) is 2.65. The number of amides is 2. The molecule has 1 saturated heterocycles. The van der Waals surface area contributed by atoms with Crippen molar-refractivity contribution in [2.75, 3.05) is 26.2 Å². The predicted octanol–water partition coefficient (Wildman–Crippen LogP) is 3.81. The van der Waals surface area contributed by atoms with Gasteiger partial charge in [0.05, 0.1) is 4.92 Å². The van der Waals surface area contributed by atoms with Gasteiger partial charge in [-0.2, -0.15) is 0 Å². The van der Waals surface area contributed by atoms with Crippen LogP contribution in [0.15, 0.2) is 36.4 Å². The molecule has 1 aliphatic rings. The quantitative estimate of drug-likeness (QED) is 0.556. The number of benzene rings is 2. The third-order valence-corrected chi connectivity index (χ3v) is 5.04. The summed E-state index contributed by atoms with van der Waals surface area (Å²) in [5.74, 6) is -0.404. The van der Waals surface area contributed by atoms with Crippen molar-refractivity contribution in [3.05, 3.63) is 73.2 Å². The molecule has 0 N–H and O–H groups in total. The summed E-state index contributed by atoms with van der Waals surface area (Å²) in [6.45, 7) is 3.09. The van der Waals surface area contributed by atoms with Crippen LogP contribution in [0.25, 0.3) is 0 Å². The molecule has 2 aromatic carbocycles. The number of aryl methyl sites for hydroxylation is 1. The van der Waals surface area contributed by atoms with Gasteiger partial charge in [0.25, 0.3) is 17.5 Å². The van der Waals surface area contributed by atoms with Gasteiger partial charge in [0.1, 0.15) is 0 Å². The van der Waals surface area contributed by atoms with Crippen LogP contribution in [0.2, 0.25) is 10.0 Å². The largest absolute Gasteiger partial charge is 0.335 e. The van der Waals surface area contributed by atoms with Gasteiger partial charge in [-0.3, -0.25) is 19.7 Å². The lowest BCUT2D eigenvalue weighted by atomic mass is 10.1. The second-order valence-corrected chi connectivity index (χ2v) is 7.37. The van der Waals surface area contributed by atoms with Crippen molar-refractivity contribution in [2.24, 2.45) is 0 Å². The molecule has 0 aromatic heterocycles. The normalized spacial score (nSPS) is 14.1. The standard InChI is InChI=1S/C19H17Cl2N3O4/c1-12-8-13(2-3-17(12)24(27)28)18(25)22-4-6-23(7-5-22)19(26)14-9-15(20)11-16(21)10-14/h2-3,8-11H,4-7H2,1H3. The van der Waals surface area contributed by atoms with Crippen molar-refractivity contribution in [1.29, 1.82) is 0 Å². The third-order valence-electron chi connectivity index (χ3n) is 4.60. The zero-order valence-corrected chi connectivity index (χ0v) is 16.5. The summed E-state index contributed by atoms with van der Waals surface area (Å²) >= 11 is 11.9. The van der Waals surface area contributed by atoms with Gasteiger partial charge < -0.3 is 9.80 Å². The minimum Gasteiger partial charge on any atom is -0.335 e. The van der Waals surface area contributed by atoms with Crippen molar-refractivity contribution in [1.82, 2.24) is 9.80 Å². The van der Waals surface area contributed by atoms with Crippen LogP contribution in [0.3, 0.4) is 0 Å². The van der Waals surface area contributed by atoms with Crippen LogP contribution in [0.1, 0.15) is 26.3 Å². The summed E-state index contributed by atoms with van der Waals surface area (Å²) in [5, 5.41) is 11.7. The van der Waals surface area contributed by atoms with Gasteiger partial charge in [0.2, 0.25) is 0 Å². The van der Waals surface area contributed by atoms with Crippen molar-refractivity contribution < 1.29 is 14.5 Å². The molecule has 28 heavy (non-hydrogen) atoms. The number of piperazine rings is 1. The average molecular weight is 422 g/mol. The number of hydrogen-bond acceptors (Lipinski definition) is 4. The number of hydrogen-bond donors (Lipinski definition) is 0. The molecule has 2 amide bonds. The Morgan fingerprint density at radius 1 is 0.893 bits per heavy atom. The SMILES string of the molecule is Cc1cc(C(=O)N2CCN(C(=O)c3cc(Cl)cc(Cl)c3)CC2)ccc1[N+](=O)[O-]. The summed E-state index contributed by atoms with van der Waals surface area (Å²) in [7, 11) is 0. The molecule has 2 aromatic rings. The number of halogens is 2. The van der Waals surface area contributed by atoms with Gasteiger partial charge >= 0.3 is 0 Å². The lowest BCUT2D eigenvalue weighted by Crippen LogP contribution is -2.50. The summed E-state index contributed by atoms with van der Waals surface area (Å²) in [5.41, 5.74) is 1.21. The molecule has 0 atom stereocenters. The van der Waals surface area contributed by atoms with Crippen LogP contribution in [0.4, 0.5) is 5.69 Å². The van der Waals surface area contributed by atoms with E-state index < -0.39 is 4.92 Å². The fraction of sp³-hybridized carbons (Fsp3) is 0.263. The molecule has 9 heteroatoms. The van der Waals surface area contributed by atoms with E-state index in [1.807, 2.05) is 0 Å². The Morgan fingerprint density at radius 2 is 1.39 bits per heavy atom. The first-order valence-corrected chi connectivity index (χ1v) is 9.31. The monoisotopic (exact) mass is 421 g/mol. The smallest absolute Gasteiger partial charge is 0.272 e. The molecule has 0 saturated carbocycles. The molecule has 7 nitrogen and oxygen atoms in total. The topological polar surface area (TPSA) is 83.8 Å². The number of carbonyl (C=O) groups excluding carboxylic acids is 2. The van der Waals surface area contributed by atoms with E-state index in [2.05, 4.69) is 0 Å². The highest BCUT2D eigenvalue weighted by molar-refractivity contribution is 6.35. The lowest BCUT2D eigenvalue weighted by Gasteiger charge is -2.35. The van der Waals surface area contributed by atoms with Crippen LogP contribution >= 0.6 is 23.2 Å². The second kappa shape index (κ2) is 8.16. The molecule has 1 aliphatic heterocycles. The summed E-state index contributed by atoms with van der Waals surface area (Å²) in [6.07, 6.45) is 0. The Morgan fingerprint density at radius 3 is 1.86 bits per heavy atom. The van der Waals surface area contributed by atoms with E-state index in [0.29, 0.717) is 52.9 Å². The number of nitro benzene ring substituents is 1. The fourth-order valence-corrected chi connectivity index (χ4v) is 3.67. The summed E-state index contributed by atoms with van der Waals surface area (Å²) in [4.78, 5) is 39.0. The highest BCUT2D eigenvalue weighted by Crippen LogP contribution is 2.22. The van der Waals surface area contributed by atoms with Gasteiger partial charge in [-0.1, -0.05) is 23.2 Å². The van der Waals surface area contributed by atoms with Crippen LogP contribution in [-0.4, -0.2) is 52.7 Å². The van der Waals surface area contributed by atoms with Crippen molar-refractivity contribution >= 4 is 40.7 Å². The van der Waals surface area contributed by atoms with E-state index in [-0.39, 0.29) is 17.5 Å². The zero-order chi connectivity index (χ0) is 20.4. The number of nitrogens with zero attached hydrogens (tertiary/aromatic N) is 3. The highest BCUT2D eigenvalue weighted by Gasteiger charge is 2.26. The highest BCUT2D eigenvalue weighted by atomic mass is 35.5. The number of carbonyl (C=O) groups is 2. The Kier molecular flexibility index (Phi) is 5.86.